The van der Waals surface area contributed by atoms with Crippen LogP contribution in [0.4, 0.5) is 0 Å². The van der Waals surface area contributed by atoms with Crippen molar-refractivity contribution in [3.8, 4) is 0 Å². The normalized spacial score (nSPS) is 24.3. The second-order valence-corrected chi connectivity index (χ2v) is 23.9. The average Bonchev–Trinajstić information content (AvgIpc) is 3.48. The van der Waals surface area contributed by atoms with Crippen LogP contribution in [-0.4, -0.2) is 140 Å². The number of carbonyl (C=O) groups excluding carboxylic acids is 1. The molecule has 0 radical (unpaired) electrons. The van der Waals surface area contributed by atoms with Gasteiger partial charge in [-0.3, -0.25) is 4.79 Å². The van der Waals surface area contributed by atoms with Crippen molar-refractivity contribution in [2.24, 2.45) is 0 Å². The summed E-state index contributed by atoms with van der Waals surface area (Å²) in [5.41, 5.74) is 0. The van der Waals surface area contributed by atoms with Gasteiger partial charge in [-0.2, -0.15) is 0 Å². The van der Waals surface area contributed by atoms with E-state index in [1.807, 2.05) is 6.08 Å². The van der Waals surface area contributed by atoms with Crippen LogP contribution in [0, 0.1) is 0 Å². The molecule has 0 aromatic rings. The molecule has 12 unspecified atom stereocenters. The molecule has 0 aromatic heterocycles. The molecule has 2 fully saturated rings. The Labute approximate surface area is 493 Å². The van der Waals surface area contributed by atoms with Crippen molar-refractivity contribution >= 4 is 5.91 Å². The molecule has 0 aromatic carbocycles. The first-order chi connectivity index (χ1) is 39.6. The molecule has 1 amide bonds. The van der Waals surface area contributed by atoms with E-state index in [0.717, 1.165) is 44.9 Å². The van der Waals surface area contributed by atoms with E-state index in [0.29, 0.717) is 12.8 Å². The summed E-state index contributed by atoms with van der Waals surface area (Å²) in [6, 6.07) is -0.936. The lowest BCUT2D eigenvalue weighted by Gasteiger charge is -2.46. The Bertz CT molecular complexity index is 1500. The highest BCUT2D eigenvalue weighted by atomic mass is 16.7. The monoisotopic (exact) mass is 1150 g/mol. The molecule has 2 heterocycles. The van der Waals surface area contributed by atoms with Gasteiger partial charge in [0, 0.05) is 6.42 Å². The first-order valence-electron chi connectivity index (χ1n) is 33.7. The zero-order valence-electron chi connectivity index (χ0n) is 51.5. The molecule has 0 bridgehead atoms. The molecule has 2 aliphatic rings. The second kappa shape index (κ2) is 52.5. The highest BCUT2D eigenvalue weighted by Gasteiger charge is 2.51. The van der Waals surface area contributed by atoms with Crippen LogP contribution in [0.5, 0.6) is 0 Å². The number of hydrogen-bond acceptors (Lipinski definition) is 13. The predicted molar refractivity (Wildman–Crippen MR) is 328 cm³/mol. The Kier molecular flexibility index (Phi) is 48.8. The van der Waals surface area contributed by atoms with Gasteiger partial charge in [-0.25, -0.2) is 0 Å². The van der Waals surface area contributed by atoms with Crippen molar-refractivity contribution < 1.29 is 64.6 Å². The van der Waals surface area contributed by atoms with E-state index < -0.39 is 86.8 Å². The van der Waals surface area contributed by atoms with Gasteiger partial charge in [-0.15, -0.1) is 0 Å². The standard InChI is InChI=1S/C67H125NO13/c1-3-5-7-9-11-13-15-17-19-21-23-25-27-29-30-32-34-36-38-40-42-44-46-48-50-56(71)55(54-78-66-64(77)62(75)65(58(53-70)80-66)81-67-63(76)61(74)60(73)57(52-69)79-67)68-59(72)51-49-47-45-43-41-39-37-35-33-31-28-26-24-22-20-18-16-14-12-10-8-6-4-2/h32,34,40,42,48,50,55-58,60-67,69-71,73-77H,3-31,33,35-39,41,43-47,49,51-54H2,1-2H3,(H,68,72)/b34-32+,42-40+,50-48+. The van der Waals surface area contributed by atoms with Gasteiger partial charge in [0.15, 0.2) is 12.6 Å². The summed E-state index contributed by atoms with van der Waals surface area (Å²) in [6.45, 7) is 2.82. The van der Waals surface area contributed by atoms with Crippen molar-refractivity contribution in [1.29, 1.82) is 0 Å². The summed E-state index contributed by atoms with van der Waals surface area (Å²) in [5, 5.41) is 87.3. The Hall–Kier alpha value is -1.79. The molecular weight excluding hydrogens is 1030 g/mol. The number of allylic oxidation sites excluding steroid dienone is 5. The fourth-order valence-electron chi connectivity index (χ4n) is 11.2. The Morgan fingerprint density at radius 3 is 1.21 bits per heavy atom. The molecule has 2 aliphatic heterocycles. The van der Waals surface area contributed by atoms with Crippen LogP contribution in [0.2, 0.25) is 0 Å². The maximum Gasteiger partial charge on any atom is 0.220 e. The van der Waals surface area contributed by atoms with Crippen LogP contribution in [0.1, 0.15) is 290 Å². The zero-order valence-corrected chi connectivity index (χ0v) is 51.5. The number of aliphatic hydroxyl groups excluding tert-OH is 8. The third-order valence-corrected chi connectivity index (χ3v) is 16.6. The minimum Gasteiger partial charge on any atom is -0.394 e. The molecule has 14 heteroatoms. The number of rotatable bonds is 55. The quantitative estimate of drug-likeness (QED) is 0.0204. The number of aliphatic hydroxyl groups is 8. The fraction of sp³-hybridized carbons (Fsp3) is 0.896. The molecule has 0 saturated carbocycles. The summed E-state index contributed by atoms with van der Waals surface area (Å²) in [4.78, 5) is 13.3. The van der Waals surface area contributed by atoms with Crippen LogP contribution in [0.3, 0.4) is 0 Å². The first-order valence-corrected chi connectivity index (χ1v) is 33.7. The van der Waals surface area contributed by atoms with Gasteiger partial charge in [0.2, 0.25) is 5.91 Å². The lowest BCUT2D eigenvalue weighted by Crippen LogP contribution is -2.65. The molecule has 2 rings (SSSR count). The summed E-state index contributed by atoms with van der Waals surface area (Å²) in [6.07, 6.45) is 49.1. The maximum absolute atomic E-state index is 13.3. The summed E-state index contributed by atoms with van der Waals surface area (Å²) in [7, 11) is 0. The summed E-state index contributed by atoms with van der Waals surface area (Å²) in [5.74, 6) is -0.248. The minimum absolute atomic E-state index is 0.248. The largest absolute Gasteiger partial charge is 0.394 e. The molecule has 476 valence electrons. The number of nitrogens with one attached hydrogen (secondary N) is 1. The van der Waals surface area contributed by atoms with Gasteiger partial charge in [0.1, 0.15) is 48.8 Å². The van der Waals surface area contributed by atoms with Gasteiger partial charge < -0.3 is 65.1 Å². The number of unbranched alkanes of at least 4 members (excludes halogenated alkanes) is 38. The lowest BCUT2D eigenvalue weighted by molar-refractivity contribution is -0.359. The van der Waals surface area contributed by atoms with Gasteiger partial charge in [-0.1, -0.05) is 275 Å². The van der Waals surface area contributed by atoms with Gasteiger partial charge in [0.05, 0.1) is 32.0 Å². The topological polar surface area (TPSA) is 228 Å². The minimum atomic E-state index is -1.79. The van der Waals surface area contributed by atoms with Gasteiger partial charge >= 0.3 is 0 Å². The van der Waals surface area contributed by atoms with Crippen LogP contribution < -0.4 is 5.32 Å². The van der Waals surface area contributed by atoms with Crippen LogP contribution in [-0.2, 0) is 23.7 Å². The Morgan fingerprint density at radius 1 is 0.432 bits per heavy atom. The summed E-state index contributed by atoms with van der Waals surface area (Å²) >= 11 is 0. The van der Waals surface area contributed by atoms with E-state index in [-0.39, 0.29) is 18.9 Å². The van der Waals surface area contributed by atoms with Gasteiger partial charge in [0.25, 0.3) is 0 Å². The highest BCUT2D eigenvalue weighted by molar-refractivity contribution is 5.76. The van der Waals surface area contributed by atoms with E-state index in [1.54, 1.807) is 6.08 Å². The number of hydrogen-bond donors (Lipinski definition) is 9. The average molecular weight is 1150 g/mol. The third kappa shape index (κ3) is 37.4. The van der Waals surface area contributed by atoms with Crippen LogP contribution in [0.15, 0.2) is 36.5 Å². The van der Waals surface area contributed by atoms with Crippen LogP contribution in [0.25, 0.3) is 0 Å². The number of ether oxygens (including phenoxy) is 4. The Balaban J connectivity index is 1.73. The Morgan fingerprint density at radius 2 is 0.790 bits per heavy atom. The van der Waals surface area contributed by atoms with Crippen molar-refractivity contribution in [3.63, 3.8) is 0 Å². The molecule has 14 nitrogen and oxygen atoms in total. The molecule has 12 atom stereocenters. The zero-order chi connectivity index (χ0) is 58.8. The molecule has 0 aliphatic carbocycles. The predicted octanol–water partition coefficient (Wildman–Crippen LogP) is 13.0. The third-order valence-electron chi connectivity index (χ3n) is 16.6. The van der Waals surface area contributed by atoms with Gasteiger partial charge in [-0.05, 0) is 44.9 Å². The highest BCUT2D eigenvalue weighted by Crippen LogP contribution is 2.30. The van der Waals surface area contributed by atoms with Crippen molar-refractivity contribution in [1.82, 2.24) is 5.32 Å². The first kappa shape index (κ1) is 75.3. The number of carbonyl (C=O) groups is 1. The summed E-state index contributed by atoms with van der Waals surface area (Å²) < 4.78 is 22.8. The van der Waals surface area contributed by atoms with E-state index in [4.69, 9.17) is 18.9 Å². The smallest absolute Gasteiger partial charge is 0.220 e. The second-order valence-electron chi connectivity index (χ2n) is 23.9. The lowest BCUT2D eigenvalue weighted by atomic mass is 9.97. The molecule has 9 N–H and O–H groups in total. The van der Waals surface area contributed by atoms with Crippen molar-refractivity contribution in [2.75, 3.05) is 19.8 Å². The molecular formula is C67H125NO13. The van der Waals surface area contributed by atoms with E-state index in [1.165, 1.54) is 212 Å². The van der Waals surface area contributed by atoms with Crippen molar-refractivity contribution in [2.45, 2.75) is 364 Å². The van der Waals surface area contributed by atoms with E-state index in [2.05, 4.69) is 43.5 Å². The van der Waals surface area contributed by atoms with E-state index >= 15 is 0 Å². The van der Waals surface area contributed by atoms with Crippen LogP contribution >= 0.6 is 0 Å². The van der Waals surface area contributed by atoms with E-state index in [9.17, 15) is 45.6 Å². The molecule has 81 heavy (non-hydrogen) atoms. The fourth-order valence-corrected chi connectivity index (χ4v) is 11.2. The molecule has 0 spiro atoms. The SMILES string of the molecule is CCCCCCCCCCCCCCCC/C=C/CC/C=C/CC/C=C/C(O)C(COC1OC(CO)C(OC2OC(CO)C(O)C(O)C2O)C(O)C1O)NC(=O)CCCCCCCCCCCCCCCCCCCCCCCCC. The number of amides is 1. The molecule has 2 saturated heterocycles. The van der Waals surface area contributed by atoms with Crippen molar-refractivity contribution in [3.05, 3.63) is 36.5 Å². The maximum atomic E-state index is 13.3.